The van der Waals surface area contributed by atoms with Gasteiger partial charge in [-0.15, -0.1) is 0 Å². The zero-order valence-corrected chi connectivity index (χ0v) is 6.81. The molecule has 0 unspecified atom stereocenters. The van der Waals surface area contributed by atoms with E-state index < -0.39 is 0 Å². The van der Waals surface area contributed by atoms with Crippen LogP contribution in [0.4, 0.5) is 0 Å². The molecule has 0 aliphatic heterocycles. The van der Waals surface area contributed by atoms with Gasteiger partial charge in [0.25, 0.3) is 0 Å². The fraction of sp³-hybridized carbons (Fsp3) is 0.857. The van der Waals surface area contributed by atoms with Gasteiger partial charge in [-0.2, -0.15) is 0 Å². The number of amides is 1. The second-order valence-corrected chi connectivity index (χ2v) is 2.69. The number of nitrogens with one attached hydrogen (secondary N) is 1. The third-order valence-electron chi connectivity index (χ3n) is 1.15. The number of hydrogen-bond donors (Lipinski definition) is 1. The van der Waals surface area contributed by atoms with E-state index in [4.69, 9.17) is 4.74 Å². The molecule has 0 rings (SSSR count). The predicted octanol–water partition coefficient (Wildman–Crippen LogP) is 0.547. The van der Waals surface area contributed by atoms with E-state index in [9.17, 15) is 4.79 Å². The molecule has 1 amide bonds. The normalized spacial score (nSPS) is 11.1. The summed E-state index contributed by atoms with van der Waals surface area (Å²) >= 11 is 0. The van der Waals surface area contributed by atoms with E-state index in [0.29, 0.717) is 19.6 Å². The van der Waals surface area contributed by atoms with E-state index in [-0.39, 0.29) is 5.60 Å². The van der Waals surface area contributed by atoms with Crippen LogP contribution in [0.2, 0.25) is 0 Å². The molecule has 60 valence electrons. The molecule has 0 atom stereocenters. The minimum atomic E-state index is -0.240. The van der Waals surface area contributed by atoms with Gasteiger partial charge in [-0.25, -0.2) is 0 Å². The van der Waals surface area contributed by atoms with Gasteiger partial charge < -0.3 is 10.1 Å². The van der Waals surface area contributed by atoms with Crippen molar-refractivity contribution in [2.75, 3.05) is 13.2 Å². The molecule has 3 heteroatoms. The second-order valence-electron chi connectivity index (χ2n) is 2.69. The average Bonchev–Trinajstić information content (AvgIpc) is 1.84. The largest absolute Gasteiger partial charge is 0.374 e. The Balaban J connectivity index is 3.51. The van der Waals surface area contributed by atoms with Crippen LogP contribution in [0.1, 0.15) is 20.8 Å². The van der Waals surface area contributed by atoms with Gasteiger partial charge in [0, 0.05) is 13.2 Å². The van der Waals surface area contributed by atoms with Crippen molar-refractivity contribution in [2.24, 2.45) is 0 Å². The molecule has 0 aromatic heterocycles. The Hall–Kier alpha value is -0.570. The molecule has 0 heterocycles. The number of rotatable bonds is 5. The molecule has 0 bridgehead atoms. The highest BCUT2D eigenvalue weighted by Crippen LogP contribution is 2.05. The Morgan fingerprint density at radius 3 is 2.60 bits per heavy atom. The van der Waals surface area contributed by atoms with Crippen molar-refractivity contribution in [3.8, 4) is 0 Å². The van der Waals surface area contributed by atoms with Crippen molar-refractivity contribution in [1.29, 1.82) is 0 Å². The van der Waals surface area contributed by atoms with Crippen molar-refractivity contribution < 1.29 is 9.53 Å². The first kappa shape index (κ1) is 9.43. The molecule has 0 saturated heterocycles. The summed E-state index contributed by atoms with van der Waals surface area (Å²) in [6.45, 7) is 7.04. The maximum absolute atomic E-state index is 9.89. The van der Waals surface area contributed by atoms with Crippen molar-refractivity contribution >= 4 is 6.41 Å². The van der Waals surface area contributed by atoms with Crippen molar-refractivity contribution in [3.05, 3.63) is 0 Å². The van der Waals surface area contributed by atoms with Crippen LogP contribution >= 0.6 is 0 Å². The number of ether oxygens (including phenoxy) is 1. The van der Waals surface area contributed by atoms with E-state index in [1.165, 1.54) is 0 Å². The zero-order chi connectivity index (χ0) is 8.04. The summed E-state index contributed by atoms with van der Waals surface area (Å²) in [6, 6.07) is 0. The third kappa shape index (κ3) is 4.32. The standard InChI is InChI=1S/C7H15NO2/c1-4-10-7(2,3)5-8-6-9/h6H,4-5H2,1-3H3,(H,8,9). The maximum atomic E-state index is 9.89. The van der Waals surface area contributed by atoms with Crippen molar-refractivity contribution in [1.82, 2.24) is 5.32 Å². The molecule has 0 radical (unpaired) electrons. The monoisotopic (exact) mass is 145 g/mol. The van der Waals surface area contributed by atoms with E-state index in [1.54, 1.807) is 0 Å². The fourth-order valence-corrected chi connectivity index (χ4v) is 0.729. The van der Waals surface area contributed by atoms with Crippen molar-refractivity contribution in [2.45, 2.75) is 26.4 Å². The summed E-state index contributed by atoms with van der Waals surface area (Å²) in [5.74, 6) is 0. The van der Waals surface area contributed by atoms with Crippen LogP contribution in [0.15, 0.2) is 0 Å². The summed E-state index contributed by atoms with van der Waals surface area (Å²) in [4.78, 5) is 9.89. The quantitative estimate of drug-likeness (QED) is 0.574. The van der Waals surface area contributed by atoms with E-state index in [1.807, 2.05) is 20.8 Å². The minimum absolute atomic E-state index is 0.240. The van der Waals surface area contributed by atoms with Crippen LogP contribution in [0.25, 0.3) is 0 Å². The molecule has 0 aromatic rings. The summed E-state index contributed by atoms with van der Waals surface area (Å²) in [5.41, 5.74) is -0.240. The lowest BCUT2D eigenvalue weighted by molar-refractivity contribution is -0.111. The van der Waals surface area contributed by atoms with Crippen LogP contribution < -0.4 is 5.32 Å². The van der Waals surface area contributed by atoms with Crippen LogP contribution in [-0.4, -0.2) is 25.2 Å². The van der Waals surface area contributed by atoms with Crippen LogP contribution in [-0.2, 0) is 9.53 Å². The van der Waals surface area contributed by atoms with E-state index in [2.05, 4.69) is 5.32 Å². The van der Waals surface area contributed by atoms with Gasteiger partial charge in [-0.1, -0.05) is 0 Å². The Morgan fingerprint density at radius 2 is 2.20 bits per heavy atom. The fourth-order valence-electron chi connectivity index (χ4n) is 0.729. The smallest absolute Gasteiger partial charge is 0.207 e. The topological polar surface area (TPSA) is 38.3 Å². The molecular weight excluding hydrogens is 130 g/mol. The first-order valence-electron chi connectivity index (χ1n) is 3.43. The van der Waals surface area contributed by atoms with Gasteiger partial charge in [0.15, 0.2) is 0 Å². The molecule has 0 aromatic carbocycles. The predicted molar refractivity (Wildman–Crippen MR) is 39.8 cm³/mol. The van der Waals surface area contributed by atoms with Gasteiger partial charge >= 0.3 is 0 Å². The van der Waals surface area contributed by atoms with Gasteiger partial charge in [0.05, 0.1) is 5.60 Å². The van der Waals surface area contributed by atoms with Gasteiger partial charge in [-0.05, 0) is 20.8 Å². The Morgan fingerprint density at radius 1 is 1.60 bits per heavy atom. The zero-order valence-electron chi connectivity index (χ0n) is 6.81. The highest BCUT2D eigenvalue weighted by Gasteiger charge is 2.15. The molecular formula is C7H15NO2. The first-order valence-corrected chi connectivity index (χ1v) is 3.43. The molecule has 0 aliphatic carbocycles. The number of hydrogen-bond acceptors (Lipinski definition) is 2. The molecule has 1 N–H and O–H groups in total. The molecule has 0 spiro atoms. The average molecular weight is 145 g/mol. The van der Waals surface area contributed by atoms with E-state index >= 15 is 0 Å². The van der Waals surface area contributed by atoms with Gasteiger partial charge in [0.1, 0.15) is 0 Å². The van der Waals surface area contributed by atoms with E-state index in [0.717, 1.165) is 0 Å². The van der Waals surface area contributed by atoms with Crippen LogP contribution in [0, 0.1) is 0 Å². The molecule has 10 heavy (non-hydrogen) atoms. The second kappa shape index (κ2) is 4.28. The Labute approximate surface area is 61.8 Å². The van der Waals surface area contributed by atoms with Crippen LogP contribution in [0.5, 0.6) is 0 Å². The highest BCUT2D eigenvalue weighted by atomic mass is 16.5. The van der Waals surface area contributed by atoms with Gasteiger partial charge in [-0.3, -0.25) is 4.79 Å². The highest BCUT2D eigenvalue weighted by molar-refractivity contribution is 5.45. The maximum Gasteiger partial charge on any atom is 0.207 e. The lowest BCUT2D eigenvalue weighted by Gasteiger charge is -2.23. The van der Waals surface area contributed by atoms with Crippen molar-refractivity contribution in [3.63, 3.8) is 0 Å². The lowest BCUT2D eigenvalue weighted by Crippen LogP contribution is -2.37. The summed E-state index contributed by atoms with van der Waals surface area (Å²) in [5, 5.41) is 2.57. The molecule has 0 fully saturated rings. The number of carbonyl (C=O) groups excluding carboxylic acids is 1. The first-order chi connectivity index (χ1) is 4.62. The molecule has 0 saturated carbocycles. The summed E-state index contributed by atoms with van der Waals surface area (Å²) in [7, 11) is 0. The van der Waals surface area contributed by atoms with Gasteiger partial charge in [0.2, 0.25) is 6.41 Å². The SMILES string of the molecule is CCOC(C)(C)CNC=O. The summed E-state index contributed by atoms with van der Waals surface area (Å²) in [6.07, 6.45) is 0.681. The third-order valence-corrected chi connectivity index (χ3v) is 1.15. The molecule has 0 aliphatic rings. The molecule has 3 nitrogen and oxygen atoms in total. The minimum Gasteiger partial charge on any atom is -0.374 e. The Kier molecular flexibility index (Phi) is 4.03. The Bertz CT molecular complexity index is 102. The number of carbonyl (C=O) groups is 1. The summed E-state index contributed by atoms with van der Waals surface area (Å²) < 4.78 is 5.31. The van der Waals surface area contributed by atoms with Crippen LogP contribution in [0.3, 0.4) is 0 Å². The lowest BCUT2D eigenvalue weighted by atomic mass is 10.1.